The summed E-state index contributed by atoms with van der Waals surface area (Å²) in [6.07, 6.45) is 0. The van der Waals surface area contributed by atoms with Crippen molar-refractivity contribution in [1.29, 1.82) is 0 Å². The van der Waals surface area contributed by atoms with Crippen molar-refractivity contribution in [2.24, 2.45) is 0 Å². The van der Waals surface area contributed by atoms with Gasteiger partial charge >= 0.3 is 0 Å². The van der Waals surface area contributed by atoms with E-state index in [4.69, 9.17) is 4.74 Å². The maximum atomic E-state index is 5.49. The summed E-state index contributed by atoms with van der Waals surface area (Å²) < 4.78 is 5.49. The van der Waals surface area contributed by atoms with Gasteiger partial charge in [0.1, 0.15) is 5.75 Å². The topological polar surface area (TPSA) is 21.3 Å². The Labute approximate surface area is 79.9 Å². The third-order valence-electron chi connectivity index (χ3n) is 2.31. The fourth-order valence-corrected chi connectivity index (χ4v) is 1.38. The fraction of sp³-hybridized carbons (Fsp3) is 0.455. The molecule has 0 atom stereocenters. The zero-order valence-electron chi connectivity index (χ0n) is 8.77. The summed E-state index contributed by atoms with van der Waals surface area (Å²) in [6.45, 7) is 6.91. The standard InChI is InChI=1S/C11H17NO/c1-5-13-11-7-6-10(12-4)8(2)9(11)3/h6-7,12H,5H2,1-4H3. The van der Waals surface area contributed by atoms with Crippen LogP contribution in [0, 0.1) is 13.8 Å². The van der Waals surface area contributed by atoms with E-state index >= 15 is 0 Å². The van der Waals surface area contributed by atoms with Crippen LogP contribution in [0.25, 0.3) is 0 Å². The van der Waals surface area contributed by atoms with Gasteiger partial charge in [0.2, 0.25) is 0 Å². The summed E-state index contributed by atoms with van der Waals surface area (Å²) >= 11 is 0. The SMILES string of the molecule is CCOc1ccc(NC)c(C)c1C. The Morgan fingerprint density at radius 1 is 1.23 bits per heavy atom. The minimum Gasteiger partial charge on any atom is -0.494 e. The monoisotopic (exact) mass is 179 g/mol. The summed E-state index contributed by atoms with van der Waals surface area (Å²) in [6, 6.07) is 4.06. The normalized spacial score (nSPS) is 9.85. The third-order valence-corrected chi connectivity index (χ3v) is 2.31. The first-order chi connectivity index (χ1) is 6.20. The Morgan fingerprint density at radius 2 is 1.92 bits per heavy atom. The van der Waals surface area contributed by atoms with E-state index < -0.39 is 0 Å². The Morgan fingerprint density at radius 3 is 2.46 bits per heavy atom. The largest absolute Gasteiger partial charge is 0.494 e. The zero-order valence-corrected chi connectivity index (χ0v) is 8.77. The highest BCUT2D eigenvalue weighted by atomic mass is 16.5. The molecule has 0 unspecified atom stereocenters. The Balaban J connectivity index is 3.07. The molecular formula is C11H17NO. The fourth-order valence-electron chi connectivity index (χ4n) is 1.38. The van der Waals surface area contributed by atoms with Crippen molar-refractivity contribution in [3.63, 3.8) is 0 Å². The molecular weight excluding hydrogens is 162 g/mol. The highest BCUT2D eigenvalue weighted by Crippen LogP contribution is 2.26. The predicted octanol–water partition coefficient (Wildman–Crippen LogP) is 2.74. The Bertz CT molecular complexity index is 294. The lowest BCUT2D eigenvalue weighted by atomic mass is 10.1. The molecule has 1 N–H and O–H groups in total. The van der Waals surface area contributed by atoms with E-state index in [1.165, 1.54) is 16.8 Å². The predicted molar refractivity (Wildman–Crippen MR) is 56.6 cm³/mol. The summed E-state index contributed by atoms with van der Waals surface area (Å²) in [5.74, 6) is 0.985. The van der Waals surface area contributed by atoms with Crippen LogP contribution in [0.2, 0.25) is 0 Å². The molecule has 0 aliphatic rings. The van der Waals surface area contributed by atoms with E-state index in [9.17, 15) is 0 Å². The van der Waals surface area contributed by atoms with Crippen LogP contribution in [-0.4, -0.2) is 13.7 Å². The third kappa shape index (κ3) is 1.94. The van der Waals surface area contributed by atoms with Crippen molar-refractivity contribution in [3.8, 4) is 5.75 Å². The molecule has 0 radical (unpaired) electrons. The molecule has 0 bridgehead atoms. The quantitative estimate of drug-likeness (QED) is 0.770. The van der Waals surface area contributed by atoms with E-state index in [0.717, 1.165) is 12.4 Å². The first-order valence-corrected chi connectivity index (χ1v) is 4.61. The molecule has 2 nitrogen and oxygen atoms in total. The van der Waals surface area contributed by atoms with Gasteiger partial charge in [-0.3, -0.25) is 0 Å². The zero-order chi connectivity index (χ0) is 9.84. The van der Waals surface area contributed by atoms with E-state index in [-0.39, 0.29) is 0 Å². The average Bonchev–Trinajstić information content (AvgIpc) is 2.14. The number of ether oxygens (including phenoxy) is 1. The summed E-state index contributed by atoms with van der Waals surface area (Å²) in [7, 11) is 1.93. The van der Waals surface area contributed by atoms with Crippen molar-refractivity contribution < 1.29 is 4.74 Å². The second-order valence-corrected chi connectivity index (χ2v) is 3.04. The molecule has 0 fully saturated rings. The first-order valence-electron chi connectivity index (χ1n) is 4.61. The van der Waals surface area contributed by atoms with Crippen LogP contribution in [0.4, 0.5) is 5.69 Å². The molecule has 0 aliphatic heterocycles. The van der Waals surface area contributed by atoms with Crippen LogP contribution < -0.4 is 10.1 Å². The number of benzene rings is 1. The molecule has 1 aromatic rings. The molecule has 0 saturated carbocycles. The summed E-state index contributed by atoms with van der Waals surface area (Å²) in [4.78, 5) is 0. The molecule has 0 aromatic heterocycles. The molecule has 0 saturated heterocycles. The smallest absolute Gasteiger partial charge is 0.122 e. The second kappa shape index (κ2) is 4.17. The molecule has 1 rings (SSSR count). The van der Waals surface area contributed by atoms with E-state index in [2.05, 4.69) is 19.2 Å². The molecule has 0 heterocycles. The molecule has 13 heavy (non-hydrogen) atoms. The Kier molecular flexibility index (Phi) is 3.18. The van der Waals surface area contributed by atoms with E-state index in [0.29, 0.717) is 0 Å². The number of hydrogen-bond donors (Lipinski definition) is 1. The maximum absolute atomic E-state index is 5.49. The van der Waals surface area contributed by atoms with E-state index in [1.807, 2.05) is 26.1 Å². The highest BCUT2D eigenvalue weighted by molar-refractivity contribution is 5.57. The Hall–Kier alpha value is -1.18. The summed E-state index contributed by atoms with van der Waals surface area (Å²) in [5.41, 5.74) is 3.64. The van der Waals surface area contributed by atoms with Gasteiger partial charge in [-0.25, -0.2) is 0 Å². The van der Waals surface area contributed by atoms with Gasteiger partial charge in [0.25, 0.3) is 0 Å². The number of anilines is 1. The number of nitrogens with one attached hydrogen (secondary N) is 1. The van der Waals surface area contributed by atoms with Gasteiger partial charge < -0.3 is 10.1 Å². The second-order valence-electron chi connectivity index (χ2n) is 3.04. The van der Waals surface area contributed by atoms with Gasteiger partial charge in [-0.2, -0.15) is 0 Å². The first kappa shape index (κ1) is 9.90. The lowest BCUT2D eigenvalue weighted by Gasteiger charge is -2.12. The molecule has 1 aromatic carbocycles. The van der Waals surface area contributed by atoms with Crippen molar-refractivity contribution in [3.05, 3.63) is 23.3 Å². The highest BCUT2D eigenvalue weighted by Gasteiger charge is 2.04. The maximum Gasteiger partial charge on any atom is 0.122 e. The van der Waals surface area contributed by atoms with E-state index in [1.54, 1.807) is 0 Å². The van der Waals surface area contributed by atoms with Crippen LogP contribution >= 0.6 is 0 Å². The molecule has 72 valence electrons. The van der Waals surface area contributed by atoms with Gasteiger partial charge in [0, 0.05) is 12.7 Å². The summed E-state index contributed by atoms with van der Waals surface area (Å²) in [5, 5.41) is 3.15. The van der Waals surface area contributed by atoms with Crippen LogP contribution in [0.3, 0.4) is 0 Å². The van der Waals surface area contributed by atoms with Gasteiger partial charge in [-0.1, -0.05) is 0 Å². The molecule has 0 aliphatic carbocycles. The van der Waals surface area contributed by atoms with Crippen molar-refractivity contribution in [1.82, 2.24) is 0 Å². The molecule has 0 amide bonds. The van der Waals surface area contributed by atoms with Crippen molar-refractivity contribution >= 4 is 5.69 Å². The van der Waals surface area contributed by atoms with Crippen LogP contribution in [0.15, 0.2) is 12.1 Å². The van der Waals surface area contributed by atoms with Gasteiger partial charge in [0.05, 0.1) is 6.61 Å². The van der Waals surface area contributed by atoms with Gasteiger partial charge in [-0.05, 0) is 44.0 Å². The van der Waals surface area contributed by atoms with Gasteiger partial charge in [0.15, 0.2) is 0 Å². The van der Waals surface area contributed by atoms with Crippen molar-refractivity contribution in [2.75, 3.05) is 19.0 Å². The van der Waals surface area contributed by atoms with Crippen LogP contribution in [0.5, 0.6) is 5.75 Å². The minimum atomic E-state index is 0.721. The lowest BCUT2D eigenvalue weighted by molar-refractivity contribution is 0.337. The van der Waals surface area contributed by atoms with Crippen molar-refractivity contribution in [2.45, 2.75) is 20.8 Å². The number of hydrogen-bond acceptors (Lipinski definition) is 2. The molecule has 0 spiro atoms. The number of rotatable bonds is 3. The van der Waals surface area contributed by atoms with Gasteiger partial charge in [-0.15, -0.1) is 0 Å². The van der Waals surface area contributed by atoms with Crippen LogP contribution in [-0.2, 0) is 0 Å². The average molecular weight is 179 g/mol. The minimum absolute atomic E-state index is 0.721. The van der Waals surface area contributed by atoms with Crippen LogP contribution in [0.1, 0.15) is 18.1 Å². The molecule has 2 heteroatoms. The lowest BCUT2D eigenvalue weighted by Crippen LogP contribution is -1.98.